The second-order valence-corrected chi connectivity index (χ2v) is 2.82. The Morgan fingerprint density at radius 2 is 2.25 bits per heavy atom. The molecule has 0 aromatic rings. The maximum absolute atomic E-state index is 10.9. The fourth-order valence-electron chi connectivity index (χ4n) is 0.518. The van der Waals surface area contributed by atoms with Crippen molar-refractivity contribution in [3.63, 3.8) is 0 Å². The maximum Gasteiger partial charge on any atom is 0.248 e. The van der Waals surface area contributed by atoms with E-state index >= 15 is 0 Å². The number of nitrogens with one attached hydrogen (secondary N) is 1. The lowest BCUT2D eigenvalue weighted by Crippen LogP contribution is -2.28. The summed E-state index contributed by atoms with van der Waals surface area (Å²) < 4.78 is 5.24. The van der Waals surface area contributed by atoms with Gasteiger partial charge in [0, 0.05) is 5.57 Å². The predicted molar refractivity (Wildman–Crippen MR) is 48.7 cm³/mol. The Morgan fingerprint density at radius 1 is 1.67 bits per heavy atom. The van der Waals surface area contributed by atoms with Crippen molar-refractivity contribution in [1.82, 2.24) is 5.32 Å². The van der Waals surface area contributed by atoms with E-state index in [1.807, 2.05) is 13.8 Å². The van der Waals surface area contributed by atoms with Gasteiger partial charge in [-0.1, -0.05) is 13.5 Å². The van der Waals surface area contributed by atoms with Gasteiger partial charge in [0.25, 0.3) is 0 Å². The van der Waals surface area contributed by atoms with Gasteiger partial charge in [-0.05, 0) is 20.3 Å². The molecule has 1 amide bonds. The quantitative estimate of drug-likeness (QED) is 0.502. The lowest BCUT2D eigenvalue weighted by Gasteiger charge is -2.10. The van der Waals surface area contributed by atoms with Crippen molar-refractivity contribution in [2.75, 3.05) is 6.73 Å². The molecule has 0 aromatic carbocycles. The maximum atomic E-state index is 10.9. The molecule has 0 fully saturated rings. The zero-order valence-corrected chi connectivity index (χ0v) is 8.02. The highest BCUT2D eigenvalue weighted by Gasteiger charge is 2.01. The lowest BCUT2D eigenvalue weighted by molar-refractivity contribution is -0.119. The molecule has 0 aromatic heterocycles. The van der Waals surface area contributed by atoms with Crippen LogP contribution in [0.2, 0.25) is 0 Å². The molecule has 0 spiro atoms. The molecule has 12 heavy (non-hydrogen) atoms. The molecule has 1 atom stereocenters. The minimum Gasteiger partial charge on any atom is -0.358 e. The first kappa shape index (κ1) is 11.2. The van der Waals surface area contributed by atoms with Crippen LogP contribution in [-0.2, 0) is 9.53 Å². The number of hydrogen-bond donors (Lipinski definition) is 1. The molecule has 0 saturated heterocycles. The lowest BCUT2D eigenvalue weighted by atomic mass is 10.3. The van der Waals surface area contributed by atoms with E-state index in [9.17, 15) is 4.79 Å². The Labute approximate surface area is 73.8 Å². The van der Waals surface area contributed by atoms with E-state index in [0.717, 1.165) is 6.42 Å². The van der Waals surface area contributed by atoms with E-state index < -0.39 is 0 Å². The summed E-state index contributed by atoms with van der Waals surface area (Å²) in [5.74, 6) is -0.154. The van der Waals surface area contributed by atoms with Crippen molar-refractivity contribution in [2.24, 2.45) is 0 Å². The van der Waals surface area contributed by atoms with Gasteiger partial charge in [0.1, 0.15) is 6.73 Å². The van der Waals surface area contributed by atoms with Gasteiger partial charge in [-0.2, -0.15) is 0 Å². The predicted octanol–water partition coefficient (Wildman–Crippen LogP) is 1.45. The Bertz CT molecular complexity index is 166. The van der Waals surface area contributed by atoms with Crippen LogP contribution in [0, 0.1) is 0 Å². The highest BCUT2D eigenvalue weighted by molar-refractivity contribution is 5.91. The van der Waals surface area contributed by atoms with Crippen LogP contribution < -0.4 is 5.32 Å². The van der Waals surface area contributed by atoms with Crippen molar-refractivity contribution in [3.8, 4) is 0 Å². The largest absolute Gasteiger partial charge is 0.358 e. The summed E-state index contributed by atoms with van der Waals surface area (Å²) in [6, 6.07) is 0. The minimum atomic E-state index is -0.154. The second kappa shape index (κ2) is 5.77. The Morgan fingerprint density at radius 3 is 2.67 bits per heavy atom. The third kappa shape index (κ3) is 4.91. The third-order valence-corrected chi connectivity index (χ3v) is 1.56. The van der Waals surface area contributed by atoms with Crippen LogP contribution in [0.4, 0.5) is 0 Å². The van der Waals surface area contributed by atoms with Gasteiger partial charge in [0.15, 0.2) is 0 Å². The first-order valence-corrected chi connectivity index (χ1v) is 4.13. The van der Waals surface area contributed by atoms with Crippen molar-refractivity contribution >= 4 is 5.91 Å². The van der Waals surface area contributed by atoms with Gasteiger partial charge >= 0.3 is 0 Å². The van der Waals surface area contributed by atoms with Gasteiger partial charge in [0.2, 0.25) is 5.91 Å². The van der Waals surface area contributed by atoms with Crippen LogP contribution in [0.5, 0.6) is 0 Å². The smallest absolute Gasteiger partial charge is 0.248 e. The van der Waals surface area contributed by atoms with Crippen LogP contribution in [0.15, 0.2) is 12.2 Å². The standard InChI is InChI=1S/C9H17NO2/c1-5-8(4)12-6-10-9(11)7(2)3/h8H,2,5-6H2,1,3-4H3,(H,10,11). The topological polar surface area (TPSA) is 38.3 Å². The number of hydrogen-bond acceptors (Lipinski definition) is 2. The molecule has 0 heterocycles. The summed E-state index contributed by atoms with van der Waals surface area (Å²) in [4.78, 5) is 10.9. The van der Waals surface area contributed by atoms with Gasteiger partial charge in [-0.3, -0.25) is 4.79 Å². The molecule has 0 bridgehead atoms. The molecule has 1 unspecified atom stereocenters. The molecule has 3 nitrogen and oxygen atoms in total. The molecule has 0 rings (SSSR count). The Balaban J connectivity index is 3.44. The Hall–Kier alpha value is -0.830. The van der Waals surface area contributed by atoms with E-state index in [2.05, 4.69) is 11.9 Å². The van der Waals surface area contributed by atoms with Crippen molar-refractivity contribution in [1.29, 1.82) is 0 Å². The second-order valence-electron chi connectivity index (χ2n) is 2.82. The van der Waals surface area contributed by atoms with E-state index in [4.69, 9.17) is 4.74 Å². The van der Waals surface area contributed by atoms with E-state index in [0.29, 0.717) is 5.57 Å². The fraction of sp³-hybridized carbons (Fsp3) is 0.667. The van der Waals surface area contributed by atoms with Crippen LogP contribution in [0.25, 0.3) is 0 Å². The first-order chi connectivity index (χ1) is 5.57. The summed E-state index contributed by atoms with van der Waals surface area (Å²) >= 11 is 0. The molecule has 70 valence electrons. The van der Waals surface area contributed by atoms with Gasteiger partial charge < -0.3 is 10.1 Å². The van der Waals surface area contributed by atoms with Crippen LogP contribution in [0.1, 0.15) is 27.2 Å². The molecule has 0 saturated carbocycles. The number of amides is 1. The summed E-state index contributed by atoms with van der Waals surface area (Å²) in [6.07, 6.45) is 1.14. The molecular formula is C9H17NO2. The average molecular weight is 171 g/mol. The number of carbonyl (C=O) groups is 1. The summed E-state index contributed by atoms with van der Waals surface area (Å²) in [7, 11) is 0. The fourth-order valence-corrected chi connectivity index (χ4v) is 0.518. The molecular weight excluding hydrogens is 154 g/mol. The molecule has 0 aliphatic heterocycles. The molecule has 0 aliphatic rings. The summed E-state index contributed by atoms with van der Waals surface area (Å²) in [5, 5.41) is 2.59. The highest BCUT2D eigenvalue weighted by Crippen LogP contribution is 1.94. The molecule has 0 radical (unpaired) electrons. The Kier molecular flexibility index (Phi) is 5.37. The minimum absolute atomic E-state index is 0.154. The van der Waals surface area contributed by atoms with Gasteiger partial charge in [-0.25, -0.2) is 0 Å². The van der Waals surface area contributed by atoms with Crippen molar-refractivity contribution in [3.05, 3.63) is 12.2 Å². The zero-order valence-electron chi connectivity index (χ0n) is 8.02. The van der Waals surface area contributed by atoms with Gasteiger partial charge in [0.05, 0.1) is 6.10 Å². The summed E-state index contributed by atoms with van der Waals surface area (Å²) in [5.41, 5.74) is 0.503. The normalized spacial score (nSPS) is 12.2. The van der Waals surface area contributed by atoms with Crippen LogP contribution >= 0.6 is 0 Å². The van der Waals surface area contributed by atoms with E-state index in [1.54, 1.807) is 6.92 Å². The number of ether oxygens (including phenoxy) is 1. The average Bonchev–Trinajstić information content (AvgIpc) is 2.03. The van der Waals surface area contributed by atoms with Crippen LogP contribution in [-0.4, -0.2) is 18.7 Å². The van der Waals surface area contributed by atoms with Crippen LogP contribution in [0.3, 0.4) is 0 Å². The number of carbonyl (C=O) groups excluding carboxylic acids is 1. The first-order valence-electron chi connectivity index (χ1n) is 4.13. The molecule has 0 aliphatic carbocycles. The van der Waals surface area contributed by atoms with Crippen molar-refractivity contribution < 1.29 is 9.53 Å². The van der Waals surface area contributed by atoms with E-state index in [-0.39, 0.29) is 18.7 Å². The van der Waals surface area contributed by atoms with Crippen molar-refractivity contribution in [2.45, 2.75) is 33.3 Å². The zero-order chi connectivity index (χ0) is 9.56. The summed E-state index contributed by atoms with van der Waals surface area (Å²) in [6.45, 7) is 9.43. The molecule has 3 heteroatoms. The molecule has 1 N–H and O–H groups in total. The highest BCUT2D eigenvalue weighted by atomic mass is 16.5. The van der Waals surface area contributed by atoms with Gasteiger partial charge in [-0.15, -0.1) is 0 Å². The van der Waals surface area contributed by atoms with E-state index in [1.165, 1.54) is 0 Å². The monoisotopic (exact) mass is 171 g/mol. The third-order valence-electron chi connectivity index (χ3n) is 1.56. The number of rotatable bonds is 5. The SMILES string of the molecule is C=C(C)C(=O)NCOC(C)CC.